The van der Waals surface area contributed by atoms with Crippen molar-refractivity contribution in [1.82, 2.24) is 9.97 Å². The Kier molecular flexibility index (Phi) is 6.25. The molecule has 0 amide bonds. The summed E-state index contributed by atoms with van der Waals surface area (Å²) in [5, 5.41) is 0.420. The Morgan fingerprint density at radius 1 is 0.833 bits per heavy atom. The number of pyridine rings is 2. The summed E-state index contributed by atoms with van der Waals surface area (Å²) in [7, 11) is 0. The second kappa shape index (κ2) is 7.82. The summed E-state index contributed by atoms with van der Waals surface area (Å²) in [6.07, 6.45) is 0.615. The van der Waals surface area contributed by atoms with E-state index in [1.54, 1.807) is 0 Å². The van der Waals surface area contributed by atoms with Gasteiger partial charge in [-0.2, -0.15) is 23.1 Å². The van der Waals surface area contributed by atoms with Crippen LogP contribution in [0.15, 0.2) is 0 Å². The largest absolute Gasteiger partial charge is 0.477 e. The zero-order valence-corrected chi connectivity index (χ0v) is 14.9. The summed E-state index contributed by atoms with van der Waals surface area (Å²) < 4.78 is 46.0. The molecule has 0 radical (unpaired) electrons. The smallest absolute Gasteiger partial charge is 0.237 e. The number of anilines is 2. The maximum atomic E-state index is 13.9. The maximum absolute atomic E-state index is 13.9. The van der Waals surface area contributed by atoms with Gasteiger partial charge in [0.2, 0.25) is 23.7 Å². The average Bonchev–Trinajstić information content (AvgIpc) is 2.54. The molecule has 0 aromatic carbocycles. The molecule has 4 nitrogen and oxygen atoms in total. The molecule has 24 heavy (non-hydrogen) atoms. The second-order valence-corrected chi connectivity index (χ2v) is 5.89. The molecule has 0 aliphatic rings. The van der Waals surface area contributed by atoms with Crippen LogP contribution in [0.1, 0.15) is 13.3 Å². The highest BCUT2D eigenvalue weighted by atomic mass is 35.5. The number of nitrogens with zero attached hydrogens (tertiary/aromatic N) is 2. The van der Waals surface area contributed by atoms with E-state index in [0.29, 0.717) is 6.42 Å². The maximum Gasteiger partial charge on any atom is 0.237 e. The summed E-state index contributed by atoms with van der Waals surface area (Å²) in [6.45, 7) is 2.04. The monoisotopic (exact) mass is 419 g/mol. The first-order valence-electron chi connectivity index (χ1n) is 6.42. The number of halogens is 7. The number of aromatic nitrogens is 2. The summed E-state index contributed by atoms with van der Waals surface area (Å²) in [6, 6.07) is 0. The van der Waals surface area contributed by atoms with Crippen LogP contribution in [-0.2, 0) is 0 Å². The van der Waals surface area contributed by atoms with Crippen LogP contribution in [0.5, 0.6) is 5.88 Å². The van der Waals surface area contributed by atoms with Crippen LogP contribution in [0.2, 0.25) is 20.1 Å². The lowest BCUT2D eigenvalue weighted by Gasteiger charge is -2.16. The van der Waals surface area contributed by atoms with Crippen molar-refractivity contribution in [2.24, 2.45) is 0 Å². The molecular formula is C13H8Cl4F3N3O. The number of hydrogen-bond donors (Lipinski definition) is 1. The lowest BCUT2D eigenvalue weighted by Crippen LogP contribution is -2.05. The first kappa shape index (κ1) is 19.2. The Balaban J connectivity index is 2.56. The Morgan fingerprint density at radius 3 is 1.79 bits per heavy atom. The van der Waals surface area contributed by atoms with E-state index < -0.39 is 38.6 Å². The van der Waals surface area contributed by atoms with Gasteiger partial charge in [0.05, 0.1) is 18.0 Å². The fraction of sp³-hybridized carbons (Fsp3) is 0.231. The lowest BCUT2D eigenvalue weighted by molar-refractivity contribution is 0.301. The number of hydrogen-bond acceptors (Lipinski definition) is 4. The fourth-order valence-corrected chi connectivity index (χ4v) is 2.51. The van der Waals surface area contributed by atoms with Gasteiger partial charge in [0.15, 0.2) is 0 Å². The third-order valence-corrected chi connectivity index (χ3v) is 4.08. The van der Waals surface area contributed by atoms with Crippen molar-refractivity contribution >= 4 is 57.8 Å². The molecule has 130 valence electrons. The van der Waals surface area contributed by atoms with Crippen molar-refractivity contribution in [3.8, 4) is 5.88 Å². The fourth-order valence-electron chi connectivity index (χ4n) is 1.62. The second-order valence-electron chi connectivity index (χ2n) is 4.38. The summed E-state index contributed by atoms with van der Waals surface area (Å²) >= 11 is 23.3. The third-order valence-electron chi connectivity index (χ3n) is 2.70. The molecule has 2 aromatic heterocycles. The molecule has 0 atom stereocenters. The Hall–Kier alpha value is -1.15. The molecule has 2 aromatic rings. The highest BCUT2D eigenvalue weighted by Crippen LogP contribution is 2.43. The first-order valence-corrected chi connectivity index (χ1v) is 7.93. The molecule has 2 heterocycles. The minimum Gasteiger partial charge on any atom is -0.477 e. The minimum absolute atomic E-state index is 0.209. The van der Waals surface area contributed by atoms with Crippen molar-refractivity contribution in [2.75, 3.05) is 11.9 Å². The van der Waals surface area contributed by atoms with Crippen LogP contribution in [-0.4, -0.2) is 16.6 Å². The zero-order chi connectivity index (χ0) is 18.0. The number of rotatable bonds is 5. The number of nitrogens with one attached hydrogen (secondary N) is 1. The molecule has 0 spiro atoms. The SMILES string of the molecule is CCCOc1nc(F)c(Cl)c(Nc2c(Cl)c(F)nc(F)c2Cl)c1Cl. The number of ether oxygens (including phenoxy) is 1. The molecular weight excluding hydrogens is 413 g/mol. The molecule has 0 unspecified atom stereocenters. The molecule has 0 saturated heterocycles. The van der Waals surface area contributed by atoms with Crippen LogP contribution in [0.25, 0.3) is 0 Å². The first-order chi connectivity index (χ1) is 11.3. The van der Waals surface area contributed by atoms with Crippen molar-refractivity contribution in [2.45, 2.75) is 13.3 Å². The summed E-state index contributed by atoms with van der Waals surface area (Å²) in [5.41, 5.74) is -0.676. The van der Waals surface area contributed by atoms with E-state index in [9.17, 15) is 13.2 Å². The van der Waals surface area contributed by atoms with E-state index >= 15 is 0 Å². The summed E-state index contributed by atoms with van der Waals surface area (Å²) in [4.78, 5) is 6.35. The highest BCUT2D eigenvalue weighted by molar-refractivity contribution is 6.42. The molecule has 0 saturated carbocycles. The van der Waals surface area contributed by atoms with Crippen molar-refractivity contribution < 1.29 is 17.9 Å². The molecule has 0 aliphatic carbocycles. The molecule has 0 bridgehead atoms. The predicted octanol–water partition coefficient (Wildman–Crippen LogP) is 6.04. The van der Waals surface area contributed by atoms with Crippen LogP contribution >= 0.6 is 46.4 Å². The van der Waals surface area contributed by atoms with Crippen LogP contribution in [0, 0.1) is 17.8 Å². The van der Waals surface area contributed by atoms with Crippen molar-refractivity contribution in [3.05, 3.63) is 37.9 Å². The van der Waals surface area contributed by atoms with Crippen molar-refractivity contribution in [1.29, 1.82) is 0 Å². The lowest BCUT2D eigenvalue weighted by atomic mass is 10.3. The Morgan fingerprint density at radius 2 is 1.29 bits per heavy atom. The Bertz CT molecular complexity index is 766. The van der Waals surface area contributed by atoms with Gasteiger partial charge in [-0.15, -0.1) is 0 Å². The van der Waals surface area contributed by atoms with E-state index in [-0.39, 0.29) is 23.2 Å². The average molecular weight is 421 g/mol. The van der Waals surface area contributed by atoms with Gasteiger partial charge >= 0.3 is 0 Å². The predicted molar refractivity (Wildman–Crippen MR) is 87.5 cm³/mol. The minimum atomic E-state index is -1.31. The van der Waals surface area contributed by atoms with Crippen LogP contribution in [0.4, 0.5) is 24.5 Å². The van der Waals surface area contributed by atoms with Gasteiger partial charge in [0.25, 0.3) is 0 Å². The molecule has 0 fully saturated rings. The molecule has 2 rings (SSSR count). The van der Waals surface area contributed by atoms with Crippen molar-refractivity contribution in [3.63, 3.8) is 0 Å². The van der Waals surface area contributed by atoms with Gasteiger partial charge in [0, 0.05) is 0 Å². The van der Waals surface area contributed by atoms with Gasteiger partial charge in [-0.1, -0.05) is 53.3 Å². The van der Waals surface area contributed by atoms with Gasteiger partial charge in [-0.25, -0.2) is 0 Å². The summed E-state index contributed by atoms with van der Waals surface area (Å²) in [5.74, 6) is -3.97. The quantitative estimate of drug-likeness (QED) is 0.599. The van der Waals surface area contributed by atoms with Crippen LogP contribution in [0.3, 0.4) is 0 Å². The topological polar surface area (TPSA) is 47.0 Å². The van der Waals surface area contributed by atoms with E-state index in [1.807, 2.05) is 6.92 Å². The van der Waals surface area contributed by atoms with E-state index in [1.165, 1.54) is 0 Å². The van der Waals surface area contributed by atoms with Gasteiger partial charge in [0.1, 0.15) is 20.1 Å². The normalized spacial score (nSPS) is 10.8. The van der Waals surface area contributed by atoms with Gasteiger partial charge in [-0.05, 0) is 6.42 Å². The molecule has 11 heteroatoms. The third kappa shape index (κ3) is 3.74. The van der Waals surface area contributed by atoms with E-state index in [2.05, 4.69) is 15.3 Å². The molecule has 1 N–H and O–H groups in total. The molecule has 0 aliphatic heterocycles. The standard InChI is InChI=1S/C13H8Cl4F3N3O/c1-2-3-24-13-7(17)9(6(16)12(20)23-13)21-8-4(14)10(18)22-11(19)5(8)15/h2-3H2,1H3,(H,21,22,23). The van der Waals surface area contributed by atoms with E-state index in [0.717, 1.165) is 0 Å². The Labute approximate surface area is 154 Å². The van der Waals surface area contributed by atoms with Crippen LogP contribution < -0.4 is 10.1 Å². The zero-order valence-electron chi connectivity index (χ0n) is 11.9. The van der Waals surface area contributed by atoms with Gasteiger partial charge < -0.3 is 10.1 Å². The highest BCUT2D eigenvalue weighted by Gasteiger charge is 2.23. The van der Waals surface area contributed by atoms with E-state index in [4.69, 9.17) is 51.1 Å². The van der Waals surface area contributed by atoms with Gasteiger partial charge in [-0.3, -0.25) is 0 Å².